The Morgan fingerprint density at radius 2 is 2.11 bits per heavy atom. The maximum atomic E-state index is 8.77. The fourth-order valence-electron chi connectivity index (χ4n) is 2.03. The highest BCUT2D eigenvalue weighted by molar-refractivity contribution is 7.16. The average Bonchev–Trinajstić information content (AvgIpc) is 3.10. The molecule has 96 valence electrons. The van der Waals surface area contributed by atoms with Crippen molar-refractivity contribution >= 4 is 28.1 Å². The van der Waals surface area contributed by atoms with Crippen molar-refractivity contribution in [3.63, 3.8) is 0 Å². The van der Waals surface area contributed by atoms with Crippen LogP contribution in [0.4, 0.5) is 16.8 Å². The molecule has 3 heterocycles. The summed E-state index contributed by atoms with van der Waals surface area (Å²) in [5.41, 5.74) is 0. The van der Waals surface area contributed by atoms with Crippen molar-refractivity contribution in [1.29, 1.82) is 5.26 Å². The molecule has 0 spiro atoms. The van der Waals surface area contributed by atoms with Crippen LogP contribution in [0.2, 0.25) is 0 Å². The van der Waals surface area contributed by atoms with Gasteiger partial charge in [0, 0.05) is 19.2 Å². The Bertz CT molecular complexity index is 611. The van der Waals surface area contributed by atoms with Crippen LogP contribution in [0.1, 0.15) is 17.7 Å². The number of nitriles is 1. The second kappa shape index (κ2) is 5.20. The summed E-state index contributed by atoms with van der Waals surface area (Å²) in [7, 11) is 0. The summed E-state index contributed by atoms with van der Waals surface area (Å²) in [6, 6.07) is 3.98. The molecular weight excluding hydrogens is 260 g/mol. The lowest BCUT2D eigenvalue weighted by Gasteiger charge is -2.16. The van der Waals surface area contributed by atoms with Gasteiger partial charge >= 0.3 is 0 Å². The number of rotatable bonds is 3. The Kier molecular flexibility index (Phi) is 3.25. The molecule has 0 aromatic carbocycles. The van der Waals surface area contributed by atoms with Crippen molar-refractivity contribution in [1.82, 2.24) is 15.0 Å². The highest BCUT2D eigenvalue weighted by Crippen LogP contribution is 2.23. The molecule has 19 heavy (non-hydrogen) atoms. The molecule has 2 aromatic heterocycles. The average molecular weight is 272 g/mol. The van der Waals surface area contributed by atoms with Gasteiger partial charge in [0.2, 0.25) is 0 Å². The van der Waals surface area contributed by atoms with Gasteiger partial charge in [-0.1, -0.05) is 11.3 Å². The molecule has 1 fully saturated rings. The van der Waals surface area contributed by atoms with Crippen LogP contribution in [0.15, 0.2) is 18.6 Å². The second-order valence-electron chi connectivity index (χ2n) is 4.22. The number of hydrogen-bond donors (Lipinski definition) is 1. The number of aromatic nitrogens is 3. The van der Waals surface area contributed by atoms with E-state index in [1.807, 2.05) is 6.07 Å². The van der Waals surface area contributed by atoms with Crippen LogP contribution in [-0.2, 0) is 0 Å². The van der Waals surface area contributed by atoms with Crippen LogP contribution in [0.3, 0.4) is 0 Å². The minimum Gasteiger partial charge on any atom is -0.356 e. The lowest BCUT2D eigenvalue weighted by molar-refractivity contribution is 0.928. The van der Waals surface area contributed by atoms with E-state index in [2.05, 4.69) is 31.2 Å². The highest BCUT2D eigenvalue weighted by Gasteiger charge is 2.14. The largest absolute Gasteiger partial charge is 0.356 e. The summed E-state index contributed by atoms with van der Waals surface area (Å²) in [6.07, 6.45) is 5.53. The van der Waals surface area contributed by atoms with E-state index in [4.69, 9.17) is 5.26 Å². The van der Waals surface area contributed by atoms with E-state index in [0.29, 0.717) is 15.8 Å². The zero-order chi connectivity index (χ0) is 13.1. The Labute approximate surface area is 114 Å². The predicted octanol–water partition coefficient (Wildman–Crippen LogP) is 2.15. The van der Waals surface area contributed by atoms with E-state index in [0.717, 1.165) is 18.9 Å². The van der Waals surface area contributed by atoms with E-state index in [1.54, 1.807) is 12.5 Å². The Morgan fingerprint density at radius 1 is 1.26 bits per heavy atom. The third-order valence-electron chi connectivity index (χ3n) is 2.93. The molecule has 0 unspecified atom stereocenters. The first-order valence-corrected chi connectivity index (χ1v) is 6.87. The maximum absolute atomic E-state index is 8.77. The quantitative estimate of drug-likeness (QED) is 0.922. The molecule has 0 amide bonds. The van der Waals surface area contributed by atoms with E-state index in [1.165, 1.54) is 24.2 Å². The Balaban J connectivity index is 1.77. The molecule has 3 rings (SSSR count). The molecule has 7 heteroatoms. The minimum absolute atomic E-state index is 0.580. The lowest BCUT2D eigenvalue weighted by Crippen LogP contribution is -2.19. The fourth-order valence-corrected chi connectivity index (χ4v) is 2.65. The number of hydrogen-bond acceptors (Lipinski definition) is 7. The molecule has 1 N–H and O–H groups in total. The van der Waals surface area contributed by atoms with Gasteiger partial charge in [-0.15, -0.1) is 0 Å². The molecule has 1 saturated heterocycles. The summed E-state index contributed by atoms with van der Waals surface area (Å²) in [6.45, 7) is 2.10. The van der Waals surface area contributed by atoms with Crippen LogP contribution in [0.5, 0.6) is 0 Å². The molecule has 0 aliphatic carbocycles. The zero-order valence-corrected chi connectivity index (χ0v) is 11.0. The lowest BCUT2D eigenvalue weighted by atomic mass is 10.4. The SMILES string of the molecule is N#Cc1cnc(Nc2cc(N3CCCC3)ncn2)s1. The fraction of sp³-hybridized carbons (Fsp3) is 0.333. The molecule has 1 aliphatic rings. The van der Waals surface area contributed by atoms with Crippen LogP contribution in [-0.4, -0.2) is 28.0 Å². The van der Waals surface area contributed by atoms with Gasteiger partial charge in [-0.2, -0.15) is 5.26 Å². The Morgan fingerprint density at radius 3 is 2.84 bits per heavy atom. The standard InChI is InChI=1S/C12H12N6S/c13-6-9-7-14-12(19-9)17-10-5-11(16-8-15-10)18-3-1-2-4-18/h5,7-8H,1-4H2,(H,14,15,16,17). The summed E-state index contributed by atoms with van der Waals surface area (Å²) in [4.78, 5) is 15.4. The van der Waals surface area contributed by atoms with Gasteiger partial charge in [0.25, 0.3) is 0 Å². The van der Waals surface area contributed by atoms with Crippen LogP contribution >= 0.6 is 11.3 Å². The summed E-state index contributed by atoms with van der Waals surface area (Å²) in [5, 5.41) is 12.5. The summed E-state index contributed by atoms with van der Waals surface area (Å²) in [5.74, 6) is 1.64. The van der Waals surface area contributed by atoms with Crippen molar-refractivity contribution in [2.24, 2.45) is 0 Å². The van der Waals surface area contributed by atoms with E-state index < -0.39 is 0 Å². The first-order chi connectivity index (χ1) is 9.35. The van der Waals surface area contributed by atoms with Gasteiger partial charge in [-0.05, 0) is 12.8 Å². The van der Waals surface area contributed by atoms with Crippen molar-refractivity contribution in [2.75, 3.05) is 23.3 Å². The summed E-state index contributed by atoms with van der Waals surface area (Å²) >= 11 is 1.31. The molecule has 0 bridgehead atoms. The number of nitrogens with one attached hydrogen (secondary N) is 1. The van der Waals surface area contributed by atoms with Crippen molar-refractivity contribution < 1.29 is 0 Å². The third kappa shape index (κ3) is 2.63. The molecule has 2 aromatic rings. The van der Waals surface area contributed by atoms with Crippen LogP contribution in [0.25, 0.3) is 0 Å². The van der Waals surface area contributed by atoms with Crippen molar-refractivity contribution in [2.45, 2.75) is 12.8 Å². The molecule has 0 radical (unpaired) electrons. The normalized spacial score (nSPS) is 14.4. The molecule has 0 atom stereocenters. The van der Waals surface area contributed by atoms with Crippen molar-refractivity contribution in [3.8, 4) is 6.07 Å². The van der Waals surface area contributed by atoms with Crippen LogP contribution in [0, 0.1) is 11.3 Å². The minimum atomic E-state index is 0.580. The Hall–Kier alpha value is -2.20. The van der Waals surface area contributed by atoms with Crippen LogP contribution < -0.4 is 10.2 Å². The first kappa shape index (κ1) is 11.9. The first-order valence-electron chi connectivity index (χ1n) is 6.05. The van der Waals surface area contributed by atoms with Gasteiger partial charge in [0.1, 0.15) is 28.9 Å². The van der Waals surface area contributed by atoms with Gasteiger partial charge in [0.15, 0.2) is 5.13 Å². The highest BCUT2D eigenvalue weighted by atomic mass is 32.1. The predicted molar refractivity (Wildman–Crippen MR) is 73.6 cm³/mol. The molecule has 6 nitrogen and oxygen atoms in total. The molecular formula is C12H12N6S. The molecule has 0 saturated carbocycles. The van der Waals surface area contributed by atoms with E-state index >= 15 is 0 Å². The monoisotopic (exact) mass is 272 g/mol. The second-order valence-corrected chi connectivity index (χ2v) is 5.25. The van der Waals surface area contributed by atoms with Gasteiger partial charge in [-0.25, -0.2) is 15.0 Å². The number of thiazole rings is 1. The molecule has 1 aliphatic heterocycles. The van der Waals surface area contributed by atoms with E-state index in [-0.39, 0.29) is 0 Å². The van der Waals surface area contributed by atoms with Gasteiger partial charge < -0.3 is 10.2 Å². The third-order valence-corrected chi connectivity index (χ3v) is 3.75. The number of nitrogens with zero attached hydrogens (tertiary/aromatic N) is 5. The van der Waals surface area contributed by atoms with Crippen molar-refractivity contribution in [3.05, 3.63) is 23.5 Å². The summed E-state index contributed by atoms with van der Waals surface area (Å²) < 4.78 is 0. The maximum Gasteiger partial charge on any atom is 0.189 e. The van der Waals surface area contributed by atoms with Gasteiger partial charge in [-0.3, -0.25) is 0 Å². The van der Waals surface area contributed by atoms with E-state index in [9.17, 15) is 0 Å². The van der Waals surface area contributed by atoms with Gasteiger partial charge in [0.05, 0.1) is 6.20 Å². The zero-order valence-electron chi connectivity index (χ0n) is 10.2. The topological polar surface area (TPSA) is 77.7 Å². The smallest absolute Gasteiger partial charge is 0.189 e. The number of anilines is 3.